The number of rotatable bonds is 4. The standard InChI is InChI=1S/C14H12F3N3O3S2/c15-14(16,17)23-11-5-1-9(2-6-11)19-13(24)20-10-3-7-12(8-4-10)25(18,21)22/h1-8H,(H2,18,21,22)(H2,19,20,24). The van der Waals surface area contributed by atoms with E-state index in [1.54, 1.807) is 0 Å². The molecule has 4 N–H and O–H groups in total. The van der Waals surface area contributed by atoms with Crippen molar-refractivity contribution in [2.24, 2.45) is 5.14 Å². The number of ether oxygens (including phenoxy) is 1. The Kier molecular flexibility index (Phi) is 5.50. The smallest absolute Gasteiger partial charge is 0.406 e. The summed E-state index contributed by atoms with van der Waals surface area (Å²) in [6.45, 7) is 0. The maximum atomic E-state index is 12.1. The number of halogens is 3. The molecule has 0 aliphatic rings. The Morgan fingerprint density at radius 1 is 0.960 bits per heavy atom. The van der Waals surface area contributed by atoms with Crippen LogP contribution >= 0.6 is 12.2 Å². The first-order chi connectivity index (χ1) is 11.5. The number of benzene rings is 2. The van der Waals surface area contributed by atoms with Crippen molar-refractivity contribution >= 4 is 38.7 Å². The van der Waals surface area contributed by atoms with Crippen molar-refractivity contribution in [2.45, 2.75) is 11.3 Å². The highest BCUT2D eigenvalue weighted by molar-refractivity contribution is 7.89. The van der Waals surface area contributed by atoms with Crippen LogP contribution in [-0.4, -0.2) is 19.9 Å². The number of anilines is 2. The molecule has 0 atom stereocenters. The predicted molar refractivity (Wildman–Crippen MR) is 90.8 cm³/mol. The summed E-state index contributed by atoms with van der Waals surface area (Å²) in [4.78, 5) is -0.0443. The van der Waals surface area contributed by atoms with Gasteiger partial charge < -0.3 is 15.4 Å². The zero-order valence-electron chi connectivity index (χ0n) is 12.4. The van der Waals surface area contributed by atoms with Gasteiger partial charge in [0.2, 0.25) is 10.0 Å². The lowest BCUT2D eigenvalue weighted by atomic mass is 10.3. The molecule has 2 aromatic rings. The summed E-state index contributed by atoms with van der Waals surface area (Å²) >= 11 is 5.07. The summed E-state index contributed by atoms with van der Waals surface area (Å²) in [7, 11) is -3.78. The first kappa shape index (κ1) is 19.0. The molecule has 0 aromatic heterocycles. The van der Waals surface area contributed by atoms with Crippen LogP contribution in [0, 0.1) is 0 Å². The summed E-state index contributed by atoms with van der Waals surface area (Å²) in [6, 6.07) is 10.5. The fourth-order valence-electron chi connectivity index (χ4n) is 1.76. The van der Waals surface area contributed by atoms with Crippen LogP contribution in [0.3, 0.4) is 0 Å². The van der Waals surface area contributed by atoms with Gasteiger partial charge >= 0.3 is 6.36 Å². The second-order valence-electron chi connectivity index (χ2n) is 4.72. The SMILES string of the molecule is NS(=O)(=O)c1ccc(NC(=S)Nc2ccc(OC(F)(F)F)cc2)cc1. The highest BCUT2D eigenvalue weighted by atomic mass is 32.2. The van der Waals surface area contributed by atoms with Crippen molar-refractivity contribution in [1.29, 1.82) is 0 Å². The van der Waals surface area contributed by atoms with Crippen LogP contribution in [-0.2, 0) is 10.0 Å². The zero-order valence-corrected chi connectivity index (χ0v) is 14.0. The van der Waals surface area contributed by atoms with E-state index in [0.29, 0.717) is 11.4 Å². The topological polar surface area (TPSA) is 93.5 Å². The molecule has 25 heavy (non-hydrogen) atoms. The van der Waals surface area contributed by atoms with E-state index in [2.05, 4.69) is 15.4 Å². The number of thiocarbonyl (C=S) groups is 1. The Morgan fingerprint density at radius 3 is 1.80 bits per heavy atom. The van der Waals surface area contributed by atoms with Crippen molar-refractivity contribution in [3.63, 3.8) is 0 Å². The quantitative estimate of drug-likeness (QED) is 0.694. The Hall–Kier alpha value is -2.37. The van der Waals surface area contributed by atoms with Crippen molar-refractivity contribution in [1.82, 2.24) is 0 Å². The number of hydrogen-bond acceptors (Lipinski definition) is 4. The summed E-state index contributed by atoms with van der Waals surface area (Å²) < 4.78 is 62.3. The summed E-state index contributed by atoms with van der Waals surface area (Å²) in [6.07, 6.45) is -4.75. The van der Waals surface area contributed by atoms with Crippen LogP contribution in [0.5, 0.6) is 5.75 Å². The number of nitrogens with one attached hydrogen (secondary N) is 2. The normalized spacial score (nSPS) is 11.7. The molecule has 2 rings (SSSR count). The van der Waals surface area contributed by atoms with Crippen molar-refractivity contribution < 1.29 is 26.3 Å². The third kappa shape index (κ3) is 6.21. The second kappa shape index (κ2) is 7.25. The van der Waals surface area contributed by atoms with Gasteiger partial charge in [-0.05, 0) is 60.7 Å². The number of sulfonamides is 1. The molecule has 2 aromatic carbocycles. The lowest BCUT2D eigenvalue weighted by molar-refractivity contribution is -0.274. The number of alkyl halides is 3. The molecule has 0 unspecified atom stereocenters. The molecule has 0 radical (unpaired) electrons. The van der Waals surface area contributed by atoms with E-state index in [9.17, 15) is 21.6 Å². The van der Waals surface area contributed by atoms with E-state index in [1.807, 2.05) is 0 Å². The Morgan fingerprint density at radius 2 is 1.40 bits per heavy atom. The van der Waals surface area contributed by atoms with Crippen LogP contribution in [0.1, 0.15) is 0 Å². The molecule has 0 aliphatic carbocycles. The maximum absolute atomic E-state index is 12.1. The molecule has 0 bridgehead atoms. The minimum absolute atomic E-state index is 0.0443. The van der Waals surface area contributed by atoms with E-state index in [1.165, 1.54) is 36.4 Å². The van der Waals surface area contributed by atoms with E-state index >= 15 is 0 Å². The molecule has 6 nitrogen and oxygen atoms in total. The number of primary sulfonamides is 1. The first-order valence-corrected chi connectivity index (χ1v) is 8.55. The molecule has 0 amide bonds. The van der Waals surface area contributed by atoms with E-state index in [0.717, 1.165) is 12.1 Å². The van der Waals surface area contributed by atoms with Crippen molar-refractivity contribution in [3.05, 3.63) is 48.5 Å². The highest BCUT2D eigenvalue weighted by Gasteiger charge is 2.30. The lowest BCUT2D eigenvalue weighted by Crippen LogP contribution is -2.19. The van der Waals surface area contributed by atoms with Gasteiger partial charge in [-0.2, -0.15) is 0 Å². The van der Waals surface area contributed by atoms with Crippen LogP contribution < -0.4 is 20.5 Å². The van der Waals surface area contributed by atoms with Gasteiger partial charge in [-0.3, -0.25) is 0 Å². The van der Waals surface area contributed by atoms with Crippen molar-refractivity contribution in [2.75, 3.05) is 10.6 Å². The molecule has 134 valence electrons. The van der Waals surface area contributed by atoms with E-state index < -0.39 is 16.4 Å². The van der Waals surface area contributed by atoms with Crippen LogP contribution in [0.25, 0.3) is 0 Å². The van der Waals surface area contributed by atoms with Gasteiger partial charge in [0.05, 0.1) is 4.90 Å². The molecule has 0 fully saturated rings. The fraction of sp³-hybridized carbons (Fsp3) is 0.0714. The highest BCUT2D eigenvalue weighted by Crippen LogP contribution is 2.24. The third-order valence-electron chi connectivity index (χ3n) is 2.79. The van der Waals surface area contributed by atoms with Crippen molar-refractivity contribution in [3.8, 4) is 5.75 Å². The summed E-state index contributed by atoms with van der Waals surface area (Å²) in [5, 5.41) is 10.7. The van der Waals surface area contributed by atoms with Gasteiger partial charge in [-0.25, -0.2) is 13.6 Å². The molecule has 0 saturated heterocycles. The molecule has 0 spiro atoms. The van der Waals surface area contributed by atoms with Crippen LogP contribution in [0.15, 0.2) is 53.4 Å². The number of hydrogen-bond donors (Lipinski definition) is 3. The lowest BCUT2D eigenvalue weighted by Gasteiger charge is -2.12. The minimum atomic E-state index is -4.75. The predicted octanol–water partition coefficient (Wildman–Crippen LogP) is 3.04. The van der Waals surface area contributed by atoms with Crippen LogP contribution in [0.4, 0.5) is 24.5 Å². The van der Waals surface area contributed by atoms with E-state index in [4.69, 9.17) is 17.4 Å². The van der Waals surface area contributed by atoms with Gasteiger partial charge in [0.25, 0.3) is 0 Å². The molecular weight excluding hydrogens is 379 g/mol. The molecule has 0 saturated carbocycles. The Bertz CT molecular complexity index is 852. The molecule has 0 heterocycles. The average Bonchev–Trinajstić information content (AvgIpc) is 2.47. The van der Waals surface area contributed by atoms with Gasteiger partial charge in [-0.1, -0.05) is 0 Å². The monoisotopic (exact) mass is 391 g/mol. The van der Waals surface area contributed by atoms with Crippen LogP contribution in [0.2, 0.25) is 0 Å². The Balaban J connectivity index is 1.96. The zero-order chi connectivity index (χ0) is 18.7. The van der Waals surface area contributed by atoms with E-state index in [-0.39, 0.29) is 15.8 Å². The Labute approximate surface area is 146 Å². The van der Waals surface area contributed by atoms with Gasteiger partial charge in [0, 0.05) is 11.4 Å². The average molecular weight is 391 g/mol. The number of nitrogens with two attached hydrogens (primary N) is 1. The third-order valence-corrected chi connectivity index (χ3v) is 3.92. The van der Waals surface area contributed by atoms with Gasteiger partial charge in [0.1, 0.15) is 5.75 Å². The largest absolute Gasteiger partial charge is 0.573 e. The van der Waals surface area contributed by atoms with Gasteiger partial charge in [-0.15, -0.1) is 13.2 Å². The summed E-state index contributed by atoms with van der Waals surface area (Å²) in [5.41, 5.74) is 0.940. The molecular formula is C14H12F3N3O3S2. The minimum Gasteiger partial charge on any atom is -0.406 e. The summed E-state index contributed by atoms with van der Waals surface area (Å²) in [5.74, 6) is -0.351. The first-order valence-electron chi connectivity index (χ1n) is 6.60. The molecule has 0 aliphatic heterocycles. The van der Waals surface area contributed by atoms with Gasteiger partial charge in [0.15, 0.2) is 5.11 Å². The second-order valence-corrected chi connectivity index (χ2v) is 6.69. The fourth-order valence-corrected chi connectivity index (χ4v) is 2.51. The molecule has 11 heteroatoms. The maximum Gasteiger partial charge on any atom is 0.573 e.